The van der Waals surface area contributed by atoms with Crippen molar-refractivity contribution in [2.24, 2.45) is 0 Å². The number of hydrogen-bond donors (Lipinski definition) is 1. The van der Waals surface area contributed by atoms with Crippen LogP contribution >= 0.6 is 11.6 Å². The number of aryl methyl sites for hydroxylation is 2. The number of aromatic nitrogens is 1. The molecule has 0 saturated carbocycles. The largest absolute Gasteiger partial charge is 0.444 e. The molecule has 0 fully saturated rings. The van der Waals surface area contributed by atoms with Gasteiger partial charge in [-0.2, -0.15) is 0 Å². The van der Waals surface area contributed by atoms with Crippen molar-refractivity contribution in [3.63, 3.8) is 0 Å². The average molecular weight is 301 g/mol. The highest BCUT2D eigenvalue weighted by Gasteiger charge is 2.15. The third-order valence-corrected chi connectivity index (χ3v) is 4.22. The van der Waals surface area contributed by atoms with E-state index in [1.807, 2.05) is 0 Å². The SMILES string of the molecule is Cc1nc(C)c(CNS(=O)(=O)c2ccc(Cl)cc2)o1. The van der Waals surface area contributed by atoms with E-state index in [0.29, 0.717) is 22.4 Å². The summed E-state index contributed by atoms with van der Waals surface area (Å²) in [7, 11) is -3.58. The summed E-state index contributed by atoms with van der Waals surface area (Å²) >= 11 is 5.72. The number of nitrogens with zero attached hydrogens (tertiary/aromatic N) is 1. The van der Waals surface area contributed by atoms with Crippen molar-refractivity contribution in [1.29, 1.82) is 0 Å². The van der Waals surface area contributed by atoms with Crippen LogP contribution in [-0.4, -0.2) is 13.4 Å². The second-order valence-electron chi connectivity index (χ2n) is 4.02. The molecule has 1 N–H and O–H groups in total. The van der Waals surface area contributed by atoms with Gasteiger partial charge < -0.3 is 4.42 Å². The van der Waals surface area contributed by atoms with Crippen molar-refractivity contribution in [2.75, 3.05) is 0 Å². The zero-order valence-corrected chi connectivity index (χ0v) is 12.0. The summed E-state index contributed by atoms with van der Waals surface area (Å²) < 4.78 is 31.8. The first-order valence-electron chi connectivity index (χ1n) is 5.56. The highest BCUT2D eigenvalue weighted by atomic mass is 35.5. The van der Waals surface area contributed by atoms with E-state index < -0.39 is 10.0 Å². The van der Waals surface area contributed by atoms with Crippen molar-refractivity contribution >= 4 is 21.6 Å². The molecule has 0 aliphatic rings. The number of halogens is 1. The third-order valence-electron chi connectivity index (χ3n) is 2.55. The van der Waals surface area contributed by atoms with Gasteiger partial charge in [0, 0.05) is 11.9 Å². The van der Waals surface area contributed by atoms with Crippen LogP contribution in [0.1, 0.15) is 17.3 Å². The monoisotopic (exact) mass is 300 g/mol. The molecule has 1 heterocycles. The Morgan fingerprint density at radius 2 is 1.89 bits per heavy atom. The first kappa shape index (κ1) is 14.0. The summed E-state index contributed by atoms with van der Waals surface area (Å²) in [5.41, 5.74) is 0.677. The quantitative estimate of drug-likeness (QED) is 0.941. The maximum Gasteiger partial charge on any atom is 0.240 e. The fraction of sp³-hybridized carbons (Fsp3) is 0.250. The Bertz CT molecular complexity index is 678. The van der Waals surface area contributed by atoms with Crippen molar-refractivity contribution in [1.82, 2.24) is 9.71 Å². The van der Waals surface area contributed by atoms with Crippen LogP contribution in [0.4, 0.5) is 0 Å². The maximum atomic E-state index is 12.0. The van der Waals surface area contributed by atoms with Crippen LogP contribution in [0.2, 0.25) is 5.02 Å². The number of sulfonamides is 1. The van der Waals surface area contributed by atoms with Crippen LogP contribution < -0.4 is 4.72 Å². The van der Waals surface area contributed by atoms with Crippen molar-refractivity contribution in [3.8, 4) is 0 Å². The Balaban J connectivity index is 2.14. The molecule has 19 heavy (non-hydrogen) atoms. The fourth-order valence-electron chi connectivity index (χ4n) is 1.60. The molecule has 5 nitrogen and oxygen atoms in total. The lowest BCUT2D eigenvalue weighted by atomic mass is 10.4. The summed E-state index contributed by atoms with van der Waals surface area (Å²) in [6.07, 6.45) is 0. The van der Waals surface area contributed by atoms with E-state index in [-0.39, 0.29) is 11.4 Å². The van der Waals surface area contributed by atoms with Gasteiger partial charge in [-0.1, -0.05) is 11.6 Å². The van der Waals surface area contributed by atoms with E-state index in [1.54, 1.807) is 13.8 Å². The first-order valence-corrected chi connectivity index (χ1v) is 7.43. The van der Waals surface area contributed by atoms with E-state index in [9.17, 15) is 8.42 Å². The number of hydrogen-bond acceptors (Lipinski definition) is 4. The van der Waals surface area contributed by atoms with Crippen LogP contribution in [0.3, 0.4) is 0 Å². The molecule has 0 aliphatic heterocycles. The molecular formula is C12H13ClN2O3S. The van der Waals surface area contributed by atoms with Gasteiger partial charge in [-0.05, 0) is 31.2 Å². The Hall–Kier alpha value is -1.37. The molecule has 0 radical (unpaired) electrons. The smallest absolute Gasteiger partial charge is 0.240 e. The molecule has 1 aromatic heterocycles. The van der Waals surface area contributed by atoms with Gasteiger partial charge in [0.15, 0.2) is 5.89 Å². The highest BCUT2D eigenvalue weighted by molar-refractivity contribution is 7.89. The molecule has 2 aromatic rings. The molecule has 7 heteroatoms. The minimum atomic E-state index is -3.58. The molecule has 0 spiro atoms. The van der Waals surface area contributed by atoms with Gasteiger partial charge in [0.1, 0.15) is 5.76 Å². The van der Waals surface area contributed by atoms with E-state index in [1.165, 1.54) is 24.3 Å². The molecule has 1 aromatic carbocycles. The van der Waals surface area contributed by atoms with Crippen LogP contribution in [-0.2, 0) is 16.6 Å². The standard InChI is InChI=1S/C12H13ClN2O3S/c1-8-12(18-9(2)15-8)7-14-19(16,17)11-5-3-10(13)4-6-11/h3-6,14H,7H2,1-2H3. The Labute approximate surface area is 116 Å². The van der Waals surface area contributed by atoms with Gasteiger partial charge in [-0.15, -0.1) is 0 Å². The summed E-state index contributed by atoms with van der Waals surface area (Å²) in [4.78, 5) is 4.24. The Morgan fingerprint density at radius 3 is 2.42 bits per heavy atom. The number of benzene rings is 1. The van der Waals surface area contributed by atoms with Gasteiger partial charge in [-0.25, -0.2) is 18.1 Å². The Morgan fingerprint density at radius 1 is 1.26 bits per heavy atom. The first-order chi connectivity index (χ1) is 8.88. The van der Waals surface area contributed by atoms with Gasteiger partial charge >= 0.3 is 0 Å². The van der Waals surface area contributed by atoms with Crippen molar-refractivity contribution in [2.45, 2.75) is 25.3 Å². The second-order valence-corrected chi connectivity index (χ2v) is 6.22. The Kier molecular flexibility index (Phi) is 3.93. The van der Waals surface area contributed by atoms with Crippen LogP contribution in [0.15, 0.2) is 33.6 Å². The predicted molar refractivity (Wildman–Crippen MR) is 71.5 cm³/mol. The zero-order valence-electron chi connectivity index (χ0n) is 10.5. The van der Waals surface area contributed by atoms with E-state index in [2.05, 4.69) is 9.71 Å². The lowest BCUT2D eigenvalue weighted by molar-refractivity contribution is 0.466. The lowest BCUT2D eigenvalue weighted by Crippen LogP contribution is -2.23. The van der Waals surface area contributed by atoms with Crippen molar-refractivity contribution < 1.29 is 12.8 Å². The van der Waals surface area contributed by atoms with Crippen LogP contribution in [0.25, 0.3) is 0 Å². The van der Waals surface area contributed by atoms with Crippen molar-refractivity contribution in [3.05, 3.63) is 46.6 Å². The molecule has 0 bridgehead atoms. The molecule has 0 atom stereocenters. The summed E-state index contributed by atoms with van der Waals surface area (Å²) in [6, 6.07) is 5.95. The molecule has 0 aliphatic carbocycles. The van der Waals surface area contributed by atoms with Crippen LogP contribution in [0, 0.1) is 13.8 Å². The lowest BCUT2D eigenvalue weighted by Gasteiger charge is -2.05. The minimum absolute atomic E-state index is 0.0671. The van der Waals surface area contributed by atoms with Gasteiger partial charge in [0.25, 0.3) is 0 Å². The third kappa shape index (κ3) is 3.34. The number of oxazole rings is 1. The normalized spacial score (nSPS) is 11.7. The number of nitrogens with one attached hydrogen (secondary N) is 1. The average Bonchev–Trinajstić information content (AvgIpc) is 2.66. The minimum Gasteiger partial charge on any atom is -0.444 e. The summed E-state index contributed by atoms with van der Waals surface area (Å²) in [5.74, 6) is 1.02. The van der Waals surface area contributed by atoms with Gasteiger partial charge in [0.05, 0.1) is 17.1 Å². The van der Waals surface area contributed by atoms with Gasteiger partial charge in [-0.3, -0.25) is 0 Å². The molecule has 0 unspecified atom stereocenters. The molecule has 102 valence electrons. The molecular weight excluding hydrogens is 288 g/mol. The topological polar surface area (TPSA) is 72.2 Å². The van der Waals surface area contributed by atoms with E-state index in [0.717, 1.165) is 0 Å². The predicted octanol–water partition coefficient (Wildman–Crippen LogP) is 2.42. The zero-order chi connectivity index (χ0) is 14.0. The van der Waals surface area contributed by atoms with Gasteiger partial charge in [0.2, 0.25) is 10.0 Å². The second kappa shape index (κ2) is 5.32. The summed E-state index contributed by atoms with van der Waals surface area (Å²) in [6.45, 7) is 3.55. The maximum absolute atomic E-state index is 12.0. The highest BCUT2D eigenvalue weighted by Crippen LogP contribution is 2.15. The van der Waals surface area contributed by atoms with E-state index in [4.69, 9.17) is 16.0 Å². The molecule has 0 saturated heterocycles. The molecule has 2 rings (SSSR count). The summed E-state index contributed by atoms with van der Waals surface area (Å²) in [5, 5.41) is 0.487. The fourth-order valence-corrected chi connectivity index (χ4v) is 2.70. The number of rotatable bonds is 4. The van der Waals surface area contributed by atoms with E-state index >= 15 is 0 Å². The molecule has 0 amide bonds. The van der Waals surface area contributed by atoms with Crippen LogP contribution in [0.5, 0.6) is 0 Å².